The zero-order valence-corrected chi connectivity index (χ0v) is 46.4. The Morgan fingerprint density at radius 2 is 0.829 bits per heavy atom. The van der Waals surface area contributed by atoms with Crippen LogP contribution in [0.4, 0.5) is 0 Å². The molecule has 0 spiro atoms. The van der Waals surface area contributed by atoms with Crippen LogP contribution in [-0.4, -0.2) is 74.5 Å². The second-order valence-corrected chi connectivity index (χ2v) is 18.5. The van der Waals surface area contributed by atoms with Gasteiger partial charge in [0.05, 0.1) is 46.7 Å². The van der Waals surface area contributed by atoms with Gasteiger partial charge in [-0.2, -0.15) is 0 Å². The number of hydrogen-bond acceptors (Lipinski definition) is 8. The lowest BCUT2D eigenvalue weighted by Gasteiger charge is -2.11. The summed E-state index contributed by atoms with van der Waals surface area (Å²) in [6.07, 6.45) is 5.47. The van der Waals surface area contributed by atoms with Crippen LogP contribution in [0.1, 0.15) is 143 Å². The molecular formula is C58H92N4O8. The van der Waals surface area contributed by atoms with Crippen molar-refractivity contribution in [3.05, 3.63) is 107 Å². The third kappa shape index (κ3) is 34.3. The second-order valence-electron chi connectivity index (χ2n) is 18.5. The maximum atomic E-state index is 11.4. The summed E-state index contributed by atoms with van der Waals surface area (Å²) < 4.78 is 10.0. The highest BCUT2D eigenvalue weighted by molar-refractivity contribution is 5.95. The van der Waals surface area contributed by atoms with Gasteiger partial charge in [0.15, 0.2) is 0 Å². The molecular weight excluding hydrogens is 881 g/mol. The molecule has 0 unspecified atom stereocenters. The first-order chi connectivity index (χ1) is 32.7. The van der Waals surface area contributed by atoms with Gasteiger partial charge >= 0.3 is 11.9 Å². The van der Waals surface area contributed by atoms with E-state index in [1.165, 1.54) is 12.8 Å². The van der Waals surface area contributed by atoms with Gasteiger partial charge in [-0.1, -0.05) is 129 Å². The first-order valence-corrected chi connectivity index (χ1v) is 24.5. The van der Waals surface area contributed by atoms with E-state index in [2.05, 4.69) is 95.1 Å². The smallest absolute Gasteiger partial charge is 0.342 e. The van der Waals surface area contributed by atoms with E-state index in [4.69, 9.17) is 9.47 Å². The van der Waals surface area contributed by atoms with Crippen molar-refractivity contribution in [1.29, 1.82) is 0 Å². The molecule has 0 saturated heterocycles. The summed E-state index contributed by atoms with van der Waals surface area (Å²) in [5.74, 6) is 0.913. The van der Waals surface area contributed by atoms with Crippen LogP contribution in [0.25, 0.3) is 0 Å². The SMILES string of the molecule is C=C=C(C(=O)NC(C)C)C(C)C.C=C=C(C(=O)NC)C(C)C.C=C=C(C(=O)NC1CC1)C(C)C.C=C=C(C(=O)NCC)C(C)C.C=C=C(C(=O)OCC1CC1)C(C)C.C=C=C(C(=O)OCCC)C(C)C. The minimum absolute atomic E-state index is 0.00231. The summed E-state index contributed by atoms with van der Waals surface area (Å²) in [5.41, 5.74) is 19.5. The molecule has 0 bridgehead atoms. The quantitative estimate of drug-likeness (QED) is 0.0563. The van der Waals surface area contributed by atoms with Crippen LogP contribution in [0.15, 0.2) is 107 Å². The predicted molar refractivity (Wildman–Crippen MR) is 287 cm³/mol. The normalized spacial score (nSPS) is 11.5. The van der Waals surface area contributed by atoms with Gasteiger partial charge < -0.3 is 30.7 Å². The summed E-state index contributed by atoms with van der Waals surface area (Å²) in [5, 5.41) is 10.9. The third-order valence-corrected chi connectivity index (χ3v) is 9.51. The van der Waals surface area contributed by atoms with E-state index in [1.807, 2.05) is 111 Å². The van der Waals surface area contributed by atoms with E-state index < -0.39 is 0 Å². The average Bonchev–Trinajstić information content (AvgIpc) is 4.21. The Bertz CT molecular complexity index is 1950. The summed E-state index contributed by atoms with van der Waals surface area (Å²) in [6.45, 7) is 53.5. The van der Waals surface area contributed by atoms with Gasteiger partial charge in [0.2, 0.25) is 0 Å². The number of carbonyl (C=O) groups excluding carboxylic acids is 6. The van der Waals surface area contributed by atoms with Crippen LogP contribution in [0, 0.1) is 41.4 Å². The highest BCUT2D eigenvalue weighted by Gasteiger charge is 2.26. The molecule has 0 aromatic carbocycles. The van der Waals surface area contributed by atoms with E-state index in [0.29, 0.717) is 65.2 Å². The van der Waals surface area contributed by atoms with Gasteiger partial charge in [0, 0.05) is 25.7 Å². The molecule has 2 fully saturated rings. The molecule has 2 aliphatic carbocycles. The molecule has 70 heavy (non-hydrogen) atoms. The lowest BCUT2D eigenvalue weighted by molar-refractivity contribution is -0.140. The van der Waals surface area contributed by atoms with Gasteiger partial charge in [0.1, 0.15) is 0 Å². The highest BCUT2D eigenvalue weighted by atomic mass is 16.5. The van der Waals surface area contributed by atoms with Crippen LogP contribution in [0.2, 0.25) is 0 Å². The second kappa shape index (κ2) is 40.8. The molecule has 4 amide bonds. The number of amides is 4. The molecule has 0 aliphatic heterocycles. The molecule has 0 aromatic rings. The fraction of sp³-hybridized carbons (Fsp3) is 0.586. The number of nitrogens with one attached hydrogen (secondary N) is 4. The van der Waals surface area contributed by atoms with E-state index in [0.717, 1.165) is 19.3 Å². The highest BCUT2D eigenvalue weighted by Crippen LogP contribution is 2.29. The monoisotopic (exact) mass is 973 g/mol. The molecule has 0 heterocycles. The summed E-state index contributed by atoms with van der Waals surface area (Å²) in [4.78, 5) is 67.5. The number of rotatable bonds is 19. The zero-order valence-electron chi connectivity index (χ0n) is 46.4. The van der Waals surface area contributed by atoms with Gasteiger partial charge in [-0.05, 0) is 94.3 Å². The standard InChI is InChI=1S/C11H16O2.C10H15NO.C10H17NO.C10H16O2.C9H15NO.C8H13NO/c1-4-10(8(2)3)11(12)13-7-9-5-6-9;1-4-9(7(2)3)10(12)11-8-5-6-8;1-6-9(7(2)3)10(12)11-8(4)5;1-5-7-12-10(11)9(6-2)8(3)4;1-5-8(7(3)4)9(11)10-6-2;1-5-7(6(2)3)8(10)9-4/h8-9H,1,5-7H2,2-3H3;7-8H,1,5-6H2,2-3H3,(H,11,12);7-8H,1H2,2-5H3,(H,11,12);8H,2,5,7H2,1,3-4H3;7H,1,6H2,2-4H3,(H,10,11);6H,1H2,2-4H3,(H,9,10). The Hall–Kier alpha value is -6.06. The first-order valence-electron chi connectivity index (χ1n) is 24.5. The maximum absolute atomic E-state index is 11.4. The molecule has 2 saturated carbocycles. The topological polar surface area (TPSA) is 169 Å². The lowest BCUT2D eigenvalue weighted by Crippen LogP contribution is -2.32. The zero-order chi connectivity index (χ0) is 55.3. The molecule has 0 atom stereocenters. The number of ether oxygens (including phenoxy) is 2. The van der Waals surface area contributed by atoms with Crippen molar-refractivity contribution in [1.82, 2.24) is 21.3 Å². The van der Waals surface area contributed by atoms with Crippen LogP contribution in [-0.2, 0) is 38.2 Å². The lowest BCUT2D eigenvalue weighted by atomic mass is 10.0. The number of likely N-dealkylation sites (N-methyl/N-ethyl adjacent to an activating group) is 2. The van der Waals surface area contributed by atoms with Crippen molar-refractivity contribution >= 4 is 35.6 Å². The predicted octanol–water partition coefficient (Wildman–Crippen LogP) is 10.7. The molecule has 0 aromatic heterocycles. The summed E-state index contributed by atoms with van der Waals surface area (Å²) in [6, 6.07) is 0.583. The van der Waals surface area contributed by atoms with Crippen molar-refractivity contribution in [2.75, 3.05) is 26.8 Å². The van der Waals surface area contributed by atoms with Crippen molar-refractivity contribution < 1.29 is 38.2 Å². The average molecular weight is 973 g/mol. The number of esters is 2. The Morgan fingerprint density at radius 3 is 1.10 bits per heavy atom. The molecule has 0 radical (unpaired) electrons. The Kier molecular flexibility index (Phi) is 41.1. The minimum atomic E-state index is -0.290. The number of carbonyl (C=O) groups is 6. The molecule has 392 valence electrons. The molecule has 12 nitrogen and oxygen atoms in total. The Morgan fingerprint density at radius 1 is 0.486 bits per heavy atom. The van der Waals surface area contributed by atoms with Crippen LogP contribution in [0.3, 0.4) is 0 Å². The third-order valence-electron chi connectivity index (χ3n) is 9.51. The van der Waals surface area contributed by atoms with Crippen LogP contribution < -0.4 is 21.3 Å². The molecule has 2 rings (SSSR count). The first kappa shape index (κ1) is 70.5. The van der Waals surface area contributed by atoms with E-state index in [1.54, 1.807) is 7.05 Å². The molecule has 4 N–H and O–H groups in total. The van der Waals surface area contributed by atoms with Crippen LogP contribution >= 0.6 is 0 Å². The van der Waals surface area contributed by atoms with Gasteiger partial charge in [0.25, 0.3) is 23.6 Å². The van der Waals surface area contributed by atoms with Gasteiger partial charge in [-0.25, -0.2) is 9.59 Å². The molecule has 12 heteroatoms. The minimum Gasteiger partial charge on any atom is -0.462 e. The number of hydrogen-bond donors (Lipinski definition) is 4. The van der Waals surface area contributed by atoms with Crippen LogP contribution in [0.5, 0.6) is 0 Å². The Balaban J connectivity index is -0.000000374. The van der Waals surface area contributed by atoms with Crippen molar-refractivity contribution in [3.63, 3.8) is 0 Å². The van der Waals surface area contributed by atoms with Crippen molar-refractivity contribution in [2.24, 2.45) is 41.4 Å². The fourth-order valence-corrected chi connectivity index (χ4v) is 5.26. The van der Waals surface area contributed by atoms with Crippen molar-refractivity contribution in [3.8, 4) is 0 Å². The van der Waals surface area contributed by atoms with E-state index in [9.17, 15) is 28.8 Å². The van der Waals surface area contributed by atoms with E-state index >= 15 is 0 Å². The largest absolute Gasteiger partial charge is 0.462 e. The fourth-order valence-electron chi connectivity index (χ4n) is 5.26. The van der Waals surface area contributed by atoms with Gasteiger partial charge in [-0.3, -0.25) is 19.2 Å². The van der Waals surface area contributed by atoms with Gasteiger partial charge in [-0.15, -0.1) is 34.4 Å². The molecule has 2 aliphatic rings. The Labute approximate surface area is 424 Å². The maximum Gasteiger partial charge on any atom is 0.342 e. The summed E-state index contributed by atoms with van der Waals surface area (Å²) >= 11 is 0. The summed E-state index contributed by atoms with van der Waals surface area (Å²) in [7, 11) is 1.60. The van der Waals surface area contributed by atoms with E-state index in [-0.39, 0.29) is 77.1 Å². The van der Waals surface area contributed by atoms with Crippen molar-refractivity contribution in [2.45, 2.75) is 155 Å².